The number of hydrogen-bond acceptors (Lipinski definition) is 3. The Morgan fingerprint density at radius 2 is 0.833 bits per heavy atom. The van der Waals surface area contributed by atoms with Crippen LogP contribution in [-0.2, 0) is 5.41 Å². The minimum absolute atomic E-state index is 0.514. The van der Waals surface area contributed by atoms with E-state index < -0.39 is 5.41 Å². The van der Waals surface area contributed by atoms with Gasteiger partial charge in [-0.25, -0.2) is 9.97 Å². The zero-order valence-electron chi connectivity index (χ0n) is 29.3. The molecular formula is C51H32N2O. The fourth-order valence-electron chi connectivity index (χ4n) is 8.67. The molecule has 252 valence electrons. The first-order chi connectivity index (χ1) is 26.7. The van der Waals surface area contributed by atoms with E-state index in [1.807, 2.05) is 36.4 Å². The molecule has 9 aromatic rings. The van der Waals surface area contributed by atoms with Crippen LogP contribution >= 0.6 is 0 Å². The number of ether oxygens (including phenoxy) is 1. The van der Waals surface area contributed by atoms with Crippen molar-refractivity contribution in [1.29, 1.82) is 0 Å². The lowest BCUT2D eigenvalue weighted by Gasteiger charge is -2.39. The minimum Gasteiger partial charge on any atom is -0.457 e. The Kier molecular flexibility index (Phi) is 6.77. The summed E-state index contributed by atoms with van der Waals surface area (Å²) in [6.45, 7) is 0. The summed E-state index contributed by atoms with van der Waals surface area (Å²) in [6, 6.07) is 68.9. The molecule has 1 aliphatic heterocycles. The molecule has 1 aromatic heterocycles. The SMILES string of the molecule is c1ccc(-c2cc(-c3ccccc3)nc(-c3ccc(-c4ccc5c(c4)Oc4cc6ccccc6cc4C54c5ccccc5-c5ccccc54)cc3)n2)cc1. The summed E-state index contributed by atoms with van der Waals surface area (Å²) < 4.78 is 6.95. The fourth-order valence-corrected chi connectivity index (χ4v) is 8.67. The molecule has 0 N–H and O–H groups in total. The maximum Gasteiger partial charge on any atom is 0.160 e. The molecule has 3 heteroatoms. The first-order valence-electron chi connectivity index (χ1n) is 18.4. The largest absolute Gasteiger partial charge is 0.457 e. The smallest absolute Gasteiger partial charge is 0.160 e. The molecule has 2 aliphatic rings. The van der Waals surface area contributed by atoms with Gasteiger partial charge in [0.2, 0.25) is 0 Å². The molecule has 1 aliphatic carbocycles. The molecule has 2 heterocycles. The molecule has 11 rings (SSSR count). The van der Waals surface area contributed by atoms with E-state index in [-0.39, 0.29) is 0 Å². The van der Waals surface area contributed by atoms with E-state index in [9.17, 15) is 0 Å². The Morgan fingerprint density at radius 1 is 0.333 bits per heavy atom. The predicted molar refractivity (Wildman–Crippen MR) is 219 cm³/mol. The van der Waals surface area contributed by atoms with Crippen LogP contribution in [0.5, 0.6) is 11.5 Å². The molecule has 0 saturated carbocycles. The van der Waals surface area contributed by atoms with Crippen LogP contribution in [0.15, 0.2) is 194 Å². The Balaban J connectivity index is 1.04. The monoisotopic (exact) mass is 688 g/mol. The van der Waals surface area contributed by atoms with E-state index in [0.717, 1.165) is 61.7 Å². The summed E-state index contributed by atoms with van der Waals surface area (Å²) >= 11 is 0. The second-order valence-corrected chi connectivity index (χ2v) is 14.1. The Hall–Kier alpha value is -7.10. The van der Waals surface area contributed by atoms with E-state index in [1.165, 1.54) is 33.2 Å². The second kappa shape index (κ2) is 12.0. The average Bonchev–Trinajstić information content (AvgIpc) is 3.54. The van der Waals surface area contributed by atoms with Crippen molar-refractivity contribution in [3.8, 4) is 67.7 Å². The summed E-state index contributed by atoms with van der Waals surface area (Å²) in [5, 5.41) is 2.37. The number of benzene rings is 8. The van der Waals surface area contributed by atoms with Crippen molar-refractivity contribution in [3.05, 3.63) is 216 Å². The highest BCUT2D eigenvalue weighted by Gasteiger charge is 2.51. The number of hydrogen-bond donors (Lipinski definition) is 0. The maximum absolute atomic E-state index is 6.95. The van der Waals surface area contributed by atoms with Gasteiger partial charge in [-0.2, -0.15) is 0 Å². The van der Waals surface area contributed by atoms with Crippen LogP contribution in [0.1, 0.15) is 22.3 Å². The third kappa shape index (κ3) is 4.62. The molecule has 0 saturated heterocycles. The molecular weight excluding hydrogens is 657 g/mol. The summed E-state index contributed by atoms with van der Waals surface area (Å²) in [4.78, 5) is 10.1. The van der Waals surface area contributed by atoms with Crippen molar-refractivity contribution in [2.75, 3.05) is 0 Å². The van der Waals surface area contributed by atoms with Crippen LogP contribution in [-0.4, -0.2) is 9.97 Å². The van der Waals surface area contributed by atoms with Crippen molar-refractivity contribution in [2.45, 2.75) is 5.41 Å². The van der Waals surface area contributed by atoms with Gasteiger partial charge in [-0.1, -0.05) is 170 Å². The van der Waals surface area contributed by atoms with Crippen LogP contribution < -0.4 is 4.74 Å². The molecule has 0 fully saturated rings. The Morgan fingerprint density at radius 3 is 1.46 bits per heavy atom. The normalized spacial score (nSPS) is 13.1. The summed E-state index contributed by atoms with van der Waals surface area (Å²) in [6.07, 6.45) is 0. The van der Waals surface area contributed by atoms with Crippen molar-refractivity contribution in [2.24, 2.45) is 0 Å². The van der Waals surface area contributed by atoms with Gasteiger partial charge >= 0.3 is 0 Å². The minimum atomic E-state index is -0.514. The number of rotatable bonds is 4. The van der Waals surface area contributed by atoms with Gasteiger partial charge in [0.15, 0.2) is 5.82 Å². The third-order valence-electron chi connectivity index (χ3n) is 11.2. The highest BCUT2D eigenvalue weighted by atomic mass is 16.5. The number of nitrogens with zero attached hydrogens (tertiary/aromatic N) is 2. The van der Waals surface area contributed by atoms with Gasteiger partial charge in [0.25, 0.3) is 0 Å². The first kappa shape index (κ1) is 30.5. The molecule has 0 radical (unpaired) electrons. The van der Waals surface area contributed by atoms with Crippen LogP contribution in [0.3, 0.4) is 0 Å². The first-order valence-corrected chi connectivity index (χ1v) is 18.4. The van der Waals surface area contributed by atoms with Crippen LogP contribution in [0, 0.1) is 0 Å². The lowest BCUT2D eigenvalue weighted by atomic mass is 9.65. The predicted octanol–water partition coefficient (Wildman–Crippen LogP) is 12.8. The molecule has 1 spiro atoms. The van der Waals surface area contributed by atoms with Crippen molar-refractivity contribution in [3.63, 3.8) is 0 Å². The van der Waals surface area contributed by atoms with Gasteiger partial charge in [-0.3, -0.25) is 0 Å². The molecule has 0 unspecified atom stereocenters. The number of aromatic nitrogens is 2. The van der Waals surface area contributed by atoms with E-state index in [2.05, 4.69) is 158 Å². The lowest BCUT2D eigenvalue weighted by molar-refractivity contribution is 0.437. The molecule has 0 atom stereocenters. The van der Waals surface area contributed by atoms with Crippen LogP contribution in [0.4, 0.5) is 0 Å². The lowest BCUT2D eigenvalue weighted by Crippen LogP contribution is -2.32. The quantitative estimate of drug-likeness (QED) is 0.185. The summed E-state index contributed by atoms with van der Waals surface area (Å²) in [5.74, 6) is 2.46. The van der Waals surface area contributed by atoms with Gasteiger partial charge in [-0.05, 0) is 68.4 Å². The molecule has 0 amide bonds. The summed E-state index contributed by atoms with van der Waals surface area (Å²) in [5.41, 5.74) is 14.0. The zero-order valence-corrected chi connectivity index (χ0v) is 29.3. The zero-order chi connectivity index (χ0) is 35.6. The van der Waals surface area contributed by atoms with Crippen LogP contribution in [0.2, 0.25) is 0 Å². The molecule has 8 aromatic carbocycles. The van der Waals surface area contributed by atoms with Crippen molar-refractivity contribution < 1.29 is 4.74 Å². The standard InChI is InChI=1S/C51H32N2O/c1-3-13-34(14-4-1)46-32-47(35-15-5-2-6-16-35)53-50(52-46)36-25-23-33(24-26-36)39-27-28-44-48(31-39)54-49-30-38-18-8-7-17-37(38)29-45(49)51(44)42-21-11-9-19-40(42)41-20-10-12-22-43(41)51/h1-32H. The Bertz CT molecular complexity index is 2790. The molecule has 54 heavy (non-hydrogen) atoms. The van der Waals surface area contributed by atoms with E-state index >= 15 is 0 Å². The van der Waals surface area contributed by atoms with E-state index in [4.69, 9.17) is 14.7 Å². The molecule has 3 nitrogen and oxygen atoms in total. The van der Waals surface area contributed by atoms with Gasteiger partial charge in [0, 0.05) is 27.8 Å². The van der Waals surface area contributed by atoms with E-state index in [1.54, 1.807) is 0 Å². The van der Waals surface area contributed by atoms with Gasteiger partial charge in [0.1, 0.15) is 11.5 Å². The van der Waals surface area contributed by atoms with Gasteiger partial charge in [-0.15, -0.1) is 0 Å². The van der Waals surface area contributed by atoms with E-state index in [0.29, 0.717) is 5.82 Å². The van der Waals surface area contributed by atoms with Gasteiger partial charge in [0.05, 0.1) is 16.8 Å². The van der Waals surface area contributed by atoms with Crippen molar-refractivity contribution in [1.82, 2.24) is 9.97 Å². The fraction of sp³-hybridized carbons (Fsp3) is 0.0196. The topological polar surface area (TPSA) is 35.0 Å². The third-order valence-corrected chi connectivity index (χ3v) is 11.2. The van der Waals surface area contributed by atoms with Crippen molar-refractivity contribution >= 4 is 10.8 Å². The molecule has 0 bridgehead atoms. The second-order valence-electron chi connectivity index (χ2n) is 14.1. The van der Waals surface area contributed by atoms with Gasteiger partial charge < -0.3 is 4.74 Å². The van der Waals surface area contributed by atoms with Crippen LogP contribution in [0.25, 0.3) is 66.9 Å². The Labute approximate surface area is 313 Å². The highest BCUT2D eigenvalue weighted by molar-refractivity contribution is 5.93. The maximum atomic E-state index is 6.95. The number of fused-ring (bicyclic) bond motifs is 10. The average molecular weight is 689 g/mol. The highest BCUT2D eigenvalue weighted by Crippen LogP contribution is 2.62. The summed E-state index contributed by atoms with van der Waals surface area (Å²) in [7, 11) is 0.